The second-order valence-electron chi connectivity index (χ2n) is 7.80. The first kappa shape index (κ1) is 24.0. The van der Waals surface area contributed by atoms with Gasteiger partial charge in [-0.25, -0.2) is 9.78 Å². The van der Waals surface area contributed by atoms with E-state index < -0.39 is 18.1 Å². The molecule has 2 heterocycles. The molecule has 9 nitrogen and oxygen atoms in total. The minimum absolute atomic E-state index is 0.271. The molecule has 1 aliphatic rings. The zero-order chi connectivity index (χ0) is 23.6. The van der Waals surface area contributed by atoms with Gasteiger partial charge in [0.25, 0.3) is 0 Å². The van der Waals surface area contributed by atoms with E-state index in [0.717, 1.165) is 23.5 Å². The van der Waals surface area contributed by atoms with Crippen LogP contribution in [0.3, 0.4) is 0 Å². The number of ether oxygens (including phenoxy) is 2. The average molecular weight is 455 g/mol. The van der Waals surface area contributed by atoms with Crippen LogP contribution in [0.2, 0.25) is 0 Å². The number of carbonyl (C=O) groups excluding carboxylic acids is 3. The molecule has 1 saturated heterocycles. The standard InChI is InChI=1S/C24H30N4O5/c1-25-22-7-3-5-18(26-22)12-14-33-19-10-8-17(9-11-19)15-20(24(31)32-2)27-23(30)21-6-4-13-28(21)16-29/h3,5,7-11,16,20-21H,4,6,12-15H2,1-2H3,(H,25,26)(H,27,30). The van der Waals surface area contributed by atoms with Gasteiger partial charge in [-0.15, -0.1) is 0 Å². The van der Waals surface area contributed by atoms with Crippen molar-refractivity contribution >= 4 is 24.1 Å². The monoisotopic (exact) mass is 454 g/mol. The number of pyridine rings is 1. The number of benzene rings is 1. The number of hydrogen-bond donors (Lipinski definition) is 2. The summed E-state index contributed by atoms with van der Waals surface area (Å²) in [6.07, 6.45) is 2.97. The van der Waals surface area contributed by atoms with Crippen LogP contribution >= 0.6 is 0 Å². The molecule has 1 aromatic heterocycles. The molecule has 176 valence electrons. The zero-order valence-electron chi connectivity index (χ0n) is 19.0. The van der Waals surface area contributed by atoms with Crippen LogP contribution in [0.1, 0.15) is 24.1 Å². The van der Waals surface area contributed by atoms with Gasteiger partial charge in [0, 0.05) is 32.1 Å². The van der Waals surface area contributed by atoms with Crippen LogP contribution in [-0.2, 0) is 32.0 Å². The highest BCUT2D eigenvalue weighted by Gasteiger charge is 2.32. The van der Waals surface area contributed by atoms with Gasteiger partial charge in [0.05, 0.1) is 13.7 Å². The summed E-state index contributed by atoms with van der Waals surface area (Å²) >= 11 is 0. The largest absolute Gasteiger partial charge is 0.493 e. The van der Waals surface area contributed by atoms with Crippen molar-refractivity contribution in [1.29, 1.82) is 0 Å². The first-order chi connectivity index (χ1) is 16.0. The lowest BCUT2D eigenvalue weighted by atomic mass is 10.0. The molecular weight excluding hydrogens is 424 g/mol. The maximum atomic E-state index is 12.6. The van der Waals surface area contributed by atoms with Crippen molar-refractivity contribution in [2.24, 2.45) is 0 Å². The lowest BCUT2D eigenvalue weighted by molar-refractivity contribution is -0.145. The first-order valence-corrected chi connectivity index (χ1v) is 11.0. The molecule has 1 aliphatic heterocycles. The molecule has 9 heteroatoms. The van der Waals surface area contributed by atoms with Crippen LogP contribution < -0.4 is 15.4 Å². The van der Waals surface area contributed by atoms with Gasteiger partial charge in [-0.1, -0.05) is 18.2 Å². The van der Waals surface area contributed by atoms with Crippen molar-refractivity contribution in [3.05, 3.63) is 53.7 Å². The molecule has 33 heavy (non-hydrogen) atoms. The molecular formula is C24H30N4O5. The Morgan fingerprint density at radius 2 is 2.03 bits per heavy atom. The van der Waals surface area contributed by atoms with Crippen molar-refractivity contribution in [2.45, 2.75) is 37.8 Å². The molecule has 0 bridgehead atoms. The number of nitrogens with zero attached hydrogens (tertiary/aromatic N) is 2. The number of aromatic nitrogens is 1. The van der Waals surface area contributed by atoms with E-state index in [0.29, 0.717) is 38.2 Å². The Hall–Kier alpha value is -3.62. The molecule has 2 aromatic rings. The minimum Gasteiger partial charge on any atom is -0.493 e. The number of nitrogens with one attached hydrogen (secondary N) is 2. The van der Waals surface area contributed by atoms with Crippen LogP contribution in [0.15, 0.2) is 42.5 Å². The smallest absolute Gasteiger partial charge is 0.328 e. The SMILES string of the molecule is CNc1cccc(CCOc2ccc(CC(NC(=O)C3CCCN3C=O)C(=O)OC)cc2)n1. The highest BCUT2D eigenvalue weighted by atomic mass is 16.5. The second-order valence-corrected chi connectivity index (χ2v) is 7.80. The first-order valence-electron chi connectivity index (χ1n) is 11.0. The molecule has 2 amide bonds. The van der Waals surface area contributed by atoms with Crippen molar-refractivity contribution in [3.8, 4) is 5.75 Å². The Bertz CT molecular complexity index is 950. The summed E-state index contributed by atoms with van der Waals surface area (Å²) in [6, 6.07) is 11.8. The maximum absolute atomic E-state index is 12.6. The minimum atomic E-state index is -0.839. The summed E-state index contributed by atoms with van der Waals surface area (Å²) in [6.45, 7) is 1.03. The molecule has 2 atom stereocenters. The molecule has 1 aromatic carbocycles. The number of likely N-dealkylation sites (tertiary alicyclic amines) is 1. The van der Waals surface area contributed by atoms with Crippen LogP contribution in [0, 0.1) is 0 Å². The van der Waals surface area contributed by atoms with Crippen LogP contribution in [0.5, 0.6) is 5.75 Å². The Morgan fingerprint density at radius 1 is 1.24 bits per heavy atom. The fourth-order valence-electron chi connectivity index (χ4n) is 3.79. The van der Waals surface area contributed by atoms with E-state index in [1.54, 1.807) is 0 Å². The van der Waals surface area contributed by atoms with Crippen molar-refractivity contribution in [3.63, 3.8) is 0 Å². The lowest BCUT2D eigenvalue weighted by Gasteiger charge is -2.23. The van der Waals surface area contributed by atoms with Gasteiger partial charge in [-0.2, -0.15) is 0 Å². The number of esters is 1. The number of carbonyl (C=O) groups is 3. The molecule has 0 radical (unpaired) electrons. The second kappa shape index (κ2) is 11.8. The Morgan fingerprint density at radius 3 is 2.73 bits per heavy atom. The fraction of sp³-hybridized carbons (Fsp3) is 0.417. The van der Waals surface area contributed by atoms with Crippen molar-refractivity contribution in [2.75, 3.05) is 32.6 Å². The number of anilines is 1. The zero-order valence-corrected chi connectivity index (χ0v) is 19.0. The number of hydrogen-bond acceptors (Lipinski definition) is 7. The van der Waals surface area contributed by atoms with Gasteiger partial charge >= 0.3 is 5.97 Å². The van der Waals surface area contributed by atoms with E-state index in [1.807, 2.05) is 49.5 Å². The Balaban J connectivity index is 1.54. The predicted octanol–water partition coefficient (Wildman–Crippen LogP) is 1.57. The number of methoxy groups -OCH3 is 1. The molecule has 0 spiro atoms. The summed E-state index contributed by atoms with van der Waals surface area (Å²) in [5, 5.41) is 5.75. The highest BCUT2D eigenvalue weighted by molar-refractivity contribution is 5.89. The summed E-state index contributed by atoms with van der Waals surface area (Å²) in [5.74, 6) is 0.646. The van der Waals surface area contributed by atoms with E-state index in [4.69, 9.17) is 9.47 Å². The average Bonchev–Trinajstić information content (AvgIpc) is 3.33. The topological polar surface area (TPSA) is 110 Å². The van der Waals surface area contributed by atoms with E-state index in [2.05, 4.69) is 15.6 Å². The Labute approximate surface area is 193 Å². The van der Waals surface area contributed by atoms with Gasteiger partial charge in [-0.05, 0) is 42.7 Å². The molecule has 2 unspecified atom stereocenters. The fourth-order valence-corrected chi connectivity index (χ4v) is 3.79. The molecule has 0 saturated carbocycles. The highest BCUT2D eigenvalue weighted by Crippen LogP contribution is 2.17. The van der Waals surface area contributed by atoms with Crippen molar-refractivity contribution < 1.29 is 23.9 Å². The summed E-state index contributed by atoms with van der Waals surface area (Å²) < 4.78 is 10.7. The van der Waals surface area contributed by atoms with E-state index in [9.17, 15) is 14.4 Å². The molecule has 1 fully saturated rings. The normalized spacial score (nSPS) is 16.1. The van der Waals surface area contributed by atoms with E-state index in [1.165, 1.54) is 12.0 Å². The molecule has 3 rings (SSSR count). The van der Waals surface area contributed by atoms with Gasteiger partial charge in [0.15, 0.2) is 0 Å². The number of rotatable bonds is 11. The maximum Gasteiger partial charge on any atom is 0.328 e. The van der Waals surface area contributed by atoms with Gasteiger partial charge in [0.2, 0.25) is 12.3 Å². The predicted molar refractivity (Wildman–Crippen MR) is 123 cm³/mol. The molecule has 0 aliphatic carbocycles. The van der Waals surface area contributed by atoms with E-state index in [-0.39, 0.29) is 12.3 Å². The van der Waals surface area contributed by atoms with Gasteiger partial charge in [0.1, 0.15) is 23.7 Å². The van der Waals surface area contributed by atoms with Crippen LogP contribution in [-0.4, -0.2) is 67.6 Å². The van der Waals surface area contributed by atoms with Crippen LogP contribution in [0.4, 0.5) is 5.82 Å². The van der Waals surface area contributed by atoms with Gasteiger partial charge < -0.3 is 25.0 Å². The Kier molecular flexibility index (Phi) is 8.63. The third kappa shape index (κ3) is 6.68. The third-order valence-corrected chi connectivity index (χ3v) is 5.59. The van der Waals surface area contributed by atoms with Crippen molar-refractivity contribution in [1.82, 2.24) is 15.2 Å². The summed E-state index contributed by atoms with van der Waals surface area (Å²) in [7, 11) is 3.11. The lowest BCUT2D eigenvalue weighted by Crippen LogP contribution is -2.50. The molecule has 2 N–H and O–H groups in total. The number of amides is 2. The summed E-state index contributed by atoms with van der Waals surface area (Å²) in [4.78, 5) is 41.9. The van der Waals surface area contributed by atoms with E-state index >= 15 is 0 Å². The third-order valence-electron chi connectivity index (χ3n) is 5.59. The summed E-state index contributed by atoms with van der Waals surface area (Å²) in [5.41, 5.74) is 1.78. The quantitative estimate of drug-likeness (QED) is 0.392. The van der Waals surface area contributed by atoms with Gasteiger partial charge in [-0.3, -0.25) is 9.59 Å². The van der Waals surface area contributed by atoms with Crippen LogP contribution in [0.25, 0.3) is 0 Å².